The van der Waals surface area contributed by atoms with E-state index in [1.807, 2.05) is 13.1 Å². The van der Waals surface area contributed by atoms with Gasteiger partial charge in [0.1, 0.15) is 19.0 Å². The van der Waals surface area contributed by atoms with Gasteiger partial charge < -0.3 is 14.2 Å². The SMILES string of the molecule is CCOCC1(CCc2ccc(F)cn2)CCN(C2(c3cnc4c(c3)OCCO4)CC2)C1. The normalized spacial score (nSPS) is 24.3. The van der Waals surface area contributed by atoms with Crippen molar-refractivity contribution in [1.29, 1.82) is 0 Å². The second kappa shape index (κ2) is 8.36. The lowest BCUT2D eigenvalue weighted by Gasteiger charge is -2.33. The fourth-order valence-corrected chi connectivity index (χ4v) is 5.05. The van der Waals surface area contributed by atoms with E-state index < -0.39 is 0 Å². The minimum atomic E-state index is -0.288. The Morgan fingerprint density at radius 3 is 2.77 bits per heavy atom. The number of hydrogen-bond acceptors (Lipinski definition) is 6. The Labute approximate surface area is 182 Å². The maximum absolute atomic E-state index is 13.2. The predicted octanol–water partition coefficient (Wildman–Crippen LogP) is 3.74. The monoisotopic (exact) mass is 427 g/mol. The number of ether oxygens (including phenoxy) is 3. The molecule has 0 N–H and O–H groups in total. The molecule has 7 heteroatoms. The number of pyridine rings is 2. The largest absolute Gasteiger partial charge is 0.484 e. The van der Waals surface area contributed by atoms with Gasteiger partial charge in [0.05, 0.1) is 12.8 Å². The van der Waals surface area contributed by atoms with Gasteiger partial charge in [0.25, 0.3) is 5.88 Å². The van der Waals surface area contributed by atoms with Gasteiger partial charge in [0.2, 0.25) is 0 Å². The highest BCUT2D eigenvalue weighted by molar-refractivity contribution is 5.42. The molecular formula is C24H30FN3O3. The standard InChI is InChI=1S/C24H30FN3O3/c1-2-29-17-23(6-5-20-4-3-19(25)15-26-20)9-10-28(16-23)24(7-8-24)18-13-21-22(27-14-18)31-12-11-30-21/h3-4,13-15H,2,5-12,16-17H2,1H3. The lowest BCUT2D eigenvalue weighted by Crippen LogP contribution is -2.38. The van der Waals surface area contributed by atoms with Gasteiger partial charge in [-0.05, 0) is 69.3 Å². The number of halogens is 1. The molecule has 2 aromatic rings. The van der Waals surface area contributed by atoms with Gasteiger partial charge >= 0.3 is 0 Å². The molecule has 0 spiro atoms. The number of aromatic nitrogens is 2. The first-order chi connectivity index (χ1) is 15.1. The zero-order valence-corrected chi connectivity index (χ0v) is 18.1. The van der Waals surface area contributed by atoms with Crippen LogP contribution in [0.25, 0.3) is 0 Å². The average molecular weight is 428 g/mol. The van der Waals surface area contributed by atoms with Crippen molar-refractivity contribution < 1.29 is 18.6 Å². The van der Waals surface area contributed by atoms with Crippen LogP contribution in [0.4, 0.5) is 4.39 Å². The lowest BCUT2D eigenvalue weighted by atomic mass is 9.82. The fourth-order valence-electron chi connectivity index (χ4n) is 5.05. The van der Waals surface area contributed by atoms with Gasteiger partial charge in [-0.3, -0.25) is 9.88 Å². The van der Waals surface area contributed by atoms with Gasteiger partial charge in [-0.2, -0.15) is 0 Å². The molecule has 4 heterocycles. The maximum Gasteiger partial charge on any atom is 0.257 e. The Bertz CT molecular complexity index is 919. The molecule has 1 saturated carbocycles. The first-order valence-corrected chi connectivity index (χ1v) is 11.3. The molecule has 6 nitrogen and oxygen atoms in total. The van der Waals surface area contributed by atoms with Crippen molar-refractivity contribution >= 4 is 0 Å². The van der Waals surface area contributed by atoms with Gasteiger partial charge in [0, 0.05) is 36.0 Å². The summed E-state index contributed by atoms with van der Waals surface area (Å²) in [5.41, 5.74) is 2.30. The van der Waals surface area contributed by atoms with E-state index in [0.717, 1.165) is 63.2 Å². The van der Waals surface area contributed by atoms with Crippen molar-refractivity contribution in [3.05, 3.63) is 47.7 Å². The molecule has 1 atom stereocenters. The molecule has 0 aromatic carbocycles. The Morgan fingerprint density at radius 2 is 2.00 bits per heavy atom. The molecule has 2 aliphatic heterocycles. The van der Waals surface area contributed by atoms with Crippen LogP contribution in [0, 0.1) is 11.2 Å². The molecular weight excluding hydrogens is 397 g/mol. The maximum atomic E-state index is 13.2. The smallest absolute Gasteiger partial charge is 0.257 e. The van der Waals surface area contributed by atoms with Crippen LogP contribution in [-0.4, -0.2) is 54.4 Å². The Balaban J connectivity index is 1.32. The van der Waals surface area contributed by atoms with Crippen molar-refractivity contribution in [2.75, 3.05) is 39.5 Å². The molecule has 0 amide bonds. The van der Waals surface area contributed by atoms with E-state index in [1.54, 1.807) is 6.07 Å². The first-order valence-electron chi connectivity index (χ1n) is 11.3. The molecule has 0 bridgehead atoms. The van der Waals surface area contributed by atoms with E-state index in [1.165, 1.54) is 17.8 Å². The second-order valence-corrected chi connectivity index (χ2v) is 9.03. The quantitative estimate of drug-likeness (QED) is 0.640. The Kier molecular flexibility index (Phi) is 5.56. The molecule has 1 unspecified atom stereocenters. The molecule has 166 valence electrons. The zero-order valence-electron chi connectivity index (χ0n) is 18.1. The van der Waals surface area contributed by atoms with Gasteiger partial charge in [-0.1, -0.05) is 0 Å². The summed E-state index contributed by atoms with van der Waals surface area (Å²) >= 11 is 0. The van der Waals surface area contributed by atoms with Crippen molar-refractivity contribution in [2.45, 2.75) is 44.6 Å². The second-order valence-electron chi connectivity index (χ2n) is 9.03. The van der Waals surface area contributed by atoms with Crippen LogP contribution < -0.4 is 9.47 Å². The third-order valence-corrected chi connectivity index (χ3v) is 7.02. The van der Waals surface area contributed by atoms with Crippen LogP contribution in [0.2, 0.25) is 0 Å². The summed E-state index contributed by atoms with van der Waals surface area (Å²) in [6.07, 6.45) is 8.45. The van der Waals surface area contributed by atoms with E-state index in [9.17, 15) is 4.39 Å². The van der Waals surface area contributed by atoms with E-state index in [2.05, 4.69) is 20.9 Å². The van der Waals surface area contributed by atoms with Crippen molar-refractivity contribution in [2.24, 2.45) is 5.41 Å². The average Bonchev–Trinajstić information content (AvgIpc) is 3.51. The van der Waals surface area contributed by atoms with Crippen molar-refractivity contribution in [3.63, 3.8) is 0 Å². The minimum absolute atomic E-state index is 0.0466. The number of rotatable bonds is 8. The summed E-state index contributed by atoms with van der Waals surface area (Å²) in [7, 11) is 0. The van der Waals surface area contributed by atoms with Crippen molar-refractivity contribution in [1.82, 2.24) is 14.9 Å². The summed E-state index contributed by atoms with van der Waals surface area (Å²) in [5, 5.41) is 0. The highest BCUT2D eigenvalue weighted by Gasteiger charge is 2.54. The molecule has 3 aliphatic rings. The molecule has 5 rings (SSSR count). The van der Waals surface area contributed by atoms with Crippen LogP contribution in [0.1, 0.15) is 43.9 Å². The van der Waals surface area contributed by atoms with E-state index in [4.69, 9.17) is 14.2 Å². The highest BCUT2D eigenvalue weighted by Crippen LogP contribution is 2.55. The number of likely N-dealkylation sites (tertiary alicyclic amines) is 1. The predicted molar refractivity (Wildman–Crippen MR) is 114 cm³/mol. The zero-order chi connectivity index (χ0) is 21.3. The Hall–Kier alpha value is -2.25. The number of fused-ring (bicyclic) bond motifs is 1. The third kappa shape index (κ3) is 4.13. The van der Waals surface area contributed by atoms with Gasteiger partial charge in [0.15, 0.2) is 5.75 Å². The summed E-state index contributed by atoms with van der Waals surface area (Å²) in [5.74, 6) is 1.07. The van der Waals surface area contributed by atoms with Gasteiger partial charge in [-0.25, -0.2) is 9.37 Å². The van der Waals surface area contributed by atoms with E-state index in [-0.39, 0.29) is 16.8 Å². The minimum Gasteiger partial charge on any atom is -0.484 e. The molecule has 1 saturated heterocycles. The van der Waals surface area contributed by atoms with Gasteiger partial charge in [-0.15, -0.1) is 0 Å². The summed E-state index contributed by atoms with van der Waals surface area (Å²) in [4.78, 5) is 11.4. The summed E-state index contributed by atoms with van der Waals surface area (Å²) < 4.78 is 30.5. The Morgan fingerprint density at radius 1 is 1.13 bits per heavy atom. The fraction of sp³-hybridized carbons (Fsp3) is 0.583. The molecule has 0 radical (unpaired) electrons. The van der Waals surface area contributed by atoms with E-state index >= 15 is 0 Å². The summed E-state index contributed by atoms with van der Waals surface area (Å²) in [6, 6.07) is 5.41. The van der Waals surface area contributed by atoms with Crippen molar-refractivity contribution in [3.8, 4) is 11.6 Å². The van der Waals surface area contributed by atoms with Crippen LogP contribution in [0.3, 0.4) is 0 Å². The lowest BCUT2D eigenvalue weighted by molar-refractivity contribution is 0.0441. The summed E-state index contributed by atoms with van der Waals surface area (Å²) in [6.45, 7) is 6.67. The molecule has 2 aromatic heterocycles. The number of aryl methyl sites for hydroxylation is 1. The van der Waals surface area contributed by atoms with Crippen LogP contribution in [0.15, 0.2) is 30.6 Å². The number of hydrogen-bond donors (Lipinski definition) is 0. The van der Waals surface area contributed by atoms with Crippen LogP contribution in [-0.2, 0) is 16.7 Å². The van der Waals surface area contributed by atoms with E-state index in [0.29, 0.717) is 25.7 Å². The number of nitrogens with zero attached hydrogens (tertiary/aromatic N) is 3. The highest BCUT2D eigenvalue weighted by atomic mass is 19.1. The third-order valence-electron chi connectivity index (χ3n) is 7.02. The topological polar surface area (TPSA) is 56.7 Å². The molecule has 2 fully saturated rings. The molecule has 31 heavy (non-hydrogen) atoms. The molecule has 1 aliphatic carbocycles. The van der Waals surface area contributed by atoms with Crippen LogP contribution in [0.5, 0.6) is 11.6 Å². The van der Waals surface area contributed by atoms with Crippen LogP contribution >= 0.6 is 0 Å². The first kappa shape index (κ1) is 20.6.